The van der Waals surface area contributed by atoms with Crippen molar-refractivity contribution in [3.63, 3.8) is 0 Å². The van der Waals surface area contributed by atoms with Gasteiger partial charge in [-0.05, 0) is 17.0 Å². The molecule has 21 heavy (non-hydrogen) atoms. The van der Waals surface area contributed by atoms with E-state index < -0.39 is 28.5 Å². The van der Waals surface area contributed by atoms with E-state index in [9.17, 15) is 18.0 Å². The molecule has 0 saturated carbocycles. The Balaban J connectivity index is 2.06. The Morgan fingerprint density at radius 2 is 2.29 bits per heavy atom. The van der Waals surface area contributed by atoms with E-state index >= 15 is 0 Å². The molecule has 0 aliphatic carbocycles. The first kappa shape index (κ1) is 14.3. The second-order valence-electron chi connectivity index (χ2n) is 4.54. The minimum atomic E-state index is -4.83. The fraction of sp³-hybridized carbons (Fsp3) is 0.400. The normalized spacial score (nSPS) is 24.2. The molecule has 0 aromatic carbocycles. The molecule has 0 unspecified atom stereocenters. The van der Waals surface area contributed by atoms with E-state index in [0.29, 0.717) is 15.5 Å². The SMILES string of the molecule is CNC(=O)[C@@H]1c2sccc2[C@H]2CN1C(=O)N2OS(=O)(=O)O. The van der Waals surface area contributed by atoms with Gasteiger partial charge in [-0.2, -0.15) is 13.5 Å². The van der Waals surface area contributed by atoms with Gasteiger partial charge in [-0.1, -0.05) is 0 Å². The van der Waals surface area contributed by atoms with Crippen molar-refractivity contribution in [2.75, 3.05) is 13.6 Å². The third-order valence-electron chi connectivity index (χ3n) is 3.40. The van der Waals surface area contributed by atoms with Crippen LogP contribution >= 0.6 is 11.3 Å². The predicted octanol–water partition coefficient (Wildman–Crippen LogP) is 0.0619. The monoisotopic (exact) mass is 333 g/mol. The topological polar surface area (TPSA) is 116 Å². The van der Waals surface area contributed by atoms with Crippen molar-refractivity contribution < 1.29 is 26.8 Å². The van der Waals surface area contributed by atoms with Gasteiger partial charge in [0.2, 0.25) is 5.91 Å². The first-order valence-corrected chi connectivity index (χ1v) is 8.13. The van der Waals surface area contributed by atoms with Crippen LogP contribution in [0, 0.1) is 0 Å². The molecule has 1 saturated heterocycles. The summed E-state index contributed by atoms with van der Waals surface area (Å²) in [6.45, 7) is 0.107. The fourth-order valence-corrected chi connectivity index (χ4v) is 4.03. The number of hydrogen-bond acceptors (Lipinski definition) is 6. The van der Waals surface area contributed by atoms with Gasteiger partial charge in [-0.25, -0.2) is 4.79 Å². The summed E-state index contributed by atoms with van der Waals surface area (Å²) in [5.74, 6) is -0.376. The molecule has 2 N–H and O–H groups in total. The van der Waals surface area contributed by atoms with Crippen molar-refractivity contribution in [3.8, 4) is 0 Å². The van der Waals surface area contributed by atoms with E-state index in [1.807, 2.05) is 0 Å². The van der Waals surface area contributed by atoms with Gasteiger partial charge in [0.25, 0.3) is 0 Å². The second kappa shape index (κ2) is 4.66. The van der Waals surface area contributed by atoms with Gasteiger partial charge in [0.1, 0.15) is 12.1 Å². The van der Waals surface area contributed by atoms with Crippen LogP contribution in [0.15, 0.2) is 11.4 Å². The third kappa shape index (κ3) is 2.18. The number of amides is 3. The van der Waals surface area contributed by atoms with Gasteiger partial charge in [0, 0.05) is 11.9 Å². The lowest BCUT2D eigenvalue weighted by Gasteiger charge is -2.28. The molecule has 3 amide bonds. The zero-order chi connectivity index (χ0) is 15.4. The molecule has 3 rings (SSSR count). The number of nitrogens with one attached hydrogen (secondary N) is 1. The average Bonchev–Trinajstić information content (AvgIpc) is 2.97. The number of carbonyl (C=O) groups excluding carboxylic acids is 2. The van der Waals surface area contributed by atoms with Crippen molar-refractivity contribution >= 4 is 33.7 Å². The molecule has 1 fully saturated rings. The van der Waals surface area contributed by atoms with E-state index in [0.717, 1.165) is 0 Å². The standard InChI is InChI=1S/C10H11N3O6S2/c1-11-9(14)7-8-5(2-3-20-8)6-4-12(7)10(15)13(6)19-21(16,17)18/h2-3,6-7H,4H2,1H3,(H,11,14)(H,16,17,18)/t6-,7+/m1/s1. The van der Waals surface area contributed by atoms with Crippen molar-refractivity contribution in [2.24, 2.45) is 0 Å². The summed E-state index contributed by atoms with van der Waals surface area (Å²) in [6.07, 6.45) is 0. The highest BCUT2D eigenvalue weighted by Crippen LogP contribution is 2.46. The number of hydroxylamine groups is 2. The average molecular weight is 333 g/mol. The highest BCUT2D eigenvalue weighted by molar-refractivity contribution is 7.80. The van der Waals surface area contributed by atoms with Crippen molar-refractivity contribution in [1.29, 1.82) is 0 Å². The van der Waals surface area contributed by atoms with Crippen molar-refractivity contribution in [1.82, 2.24) is 15.3 Å². The number of urea groups is 1. The van der Waals surface area contributed by atoms with Gasteiger partial charge in [-0.15, -0.1) is 15.6 Å². The number of thiophene rings is 1. The van der Waals surface area contributed by atoms with Crippen molar-refractivity contribution in [2.45, 2.75) is 12.1 Å². The minimum absolute atomic E-state index is 0.107. The van der Waals surface area contributed by atoms with Gasteiger partial charge >= 0.3 is 16.4 Å². The number of carbonyl (C=O) groups is 2. The second-order valence-corrected chi connectivity index (χ2v) is 6.49. The molecule has 1 aromatic heterocycles. The minimum Gasteiger partial charge on any atom is -0.357 e. The molecule has 114 valence electrons. The Bertz CT molecular complexity index is 714. The Labute approximate surface area is 124 Å². The molecule has 0 spiro atoms. The Hall–Kier alpha value is -1.69. The molecule has 1 aromatic rings. The van der Waals surface area contributed by atoms with E-state index in [4.69, 9.17) is 4.55 Å². The molecule has 11 heteroatoms. The van der Waals surface area contributed by atoms with Crippen LogP contribution in [0.2, 0.25) is 0 Å². The lowest BCUT2D eigenvalue weighted by Crippen LogP contribution is -2.42. The van der Waals surface area contributed by atoms with Crippen LogP contribution in [0.1, 0.15) is 22.5 Å². The predicted molar refractivity (Wildman–Crippen MR) is 70.4 cm³/mol. The van der Waals surface area contributed by atoms with Crippen LogP contribution in [0.25, 0.3) is 0 Å². The van der Waals surface area contributed by atoms with Crippen LogP contribution < -0.4 is 5.32 Å². The number of fused-ring (bicyclic) bond motifs is 4. The third-order valence-corrected chi connectivity index (χ3v) is 4.74. The fourth-order valence-electron chi connectivity index (χ4n) is 2.59. The number of hydrogen-bond donors (Lipinski definition) is 2. The summed E-state index contributed by atoms with van der Waals surface area (Å²) in [7, 11) is -3.37. The number of nitrogens with zero attached hydrogens (tertiary/aromatic N) is 2. The van der Waals surface area contributed by atoms with Gasteiger partial charge in [0.05, 0.1) is 6.54 Å². The summed E-state index contributed by atoms with van der Waals surface area (Å²) in [5, 5.41) is 4.81. The maximum atomic E-state index is 12.2. The summed E-state index contributed by atoms with van der Waals surface area (Å²) in [5.41, 5.74) is 0.638. The molecule has 3 heterocycles. The Kier molecular flexibility index (Phi) is 3.16. The number of rotatable bonds is 3. The lowest BCUT2D eigenvalue weighted by atomic mass is 9.99. The molecule has 0 radical (unpaired) electrons. The summed E-state index contributed by atoms with van der Waals surface area (Å²) in [4.78, 5) is 26.1. The Morgan fingerprint density at radius 1 is 1.57 bits per heavy atom. The first-order chi connectivity index (χ1) is 9.83. The first-order valence-electron chi connectivity index (χ1n) is 5.89. The highest BCUT2D eigenvalue weighted by atomic mass is 32.3. The molecule has 2 bridgehead atoms. The zero-order valence-corrected chi connectivity index (χ0v) is 12.3. The summed E-state index contributed by atoms with van der Waals surface area (Å²) < 4.78 is 34.9. The van der Waals surface area contributed by atoms with Gasteiger partial charge in [-0.3, -0.25) is 9.35 Å². The van der Waals surface area contributed by atoms with E-state index in [2.05, 4.69) is 9.60 Å². The number of likely N-dealkylation sites (N-methyl/N-ethyl adjacent to an activating group) is 1. The maximum absolute atomic E-state index is 12.2. The maximum Gasteiger partial charge on any atom is 0.418 e. The van der Waals surface area contributed by atoms with Crippen LogP contribution in [0.5, 0.6) is 0 Å². The van der Waals surface area contributed by atoms with Crippen LogP contribution in [0.3, 0.4) is 0 Å². The van der Waals surface area contributed by atoms with E-state index in [-0.39, 0.29) is 12.5 Å². The van der Waals surface area contributed by atoms with E-state index in [1.165, 1.54) is 23.3 Å². The van der Waals surface area contributed by atoms with Gasteiger partial charge < -0.3 is 10.2 Å². The van der Waals surface area contributed by atoms with Crippen LogP contribution in [-0.4, -0.2) is 48.5 Å². The van der Waals surface area contributed by atoms with Crippen LogP contribution in [0.4, 0.5) is 4.79 Å². The van der Waals surface area contributed by atoms with Gasteiger partial charge in [0.15, 0.2) is 0 Å². The van der Waals surface area contributed by atoms with Crippen molar-refractivity contribution in [3.05, 3.63) is 21.9 Å². The summed E-state index contributed by atoms with van der Waals surface area (Å²) >= 11 is 1.30. The largest absolute Gasteiger partial charge is 0.418 e. The molecule has 2 aliphatic rings. The molecular weight excluding hydrogens is 322 g/mol. The molecule has 2 atom stereocenters. The smallest absolute Gasteiger partial charge is 0.357 e. The summed E-state index contributed by atoms with van der Waals surface area (Å²) in [6, 6.07) is -0.586. The quantitative estimate of drug-likeness (QED) is 0.756. The molecule has 2 aliphatic heterocycles. The lowest BCUT2D eigenvalue weighted by molar-refractivity contribution is -0.125. The molecule has 9 nitrogen and oxygen atoms in total. The highest BCUT2D eigenvalue weighted by Gasteiger charge is 2.52. The zero-order valence-electron chi connectivity index (χ0n) is 10.7. The van der Waals surface area contributed by atoms with E-state index in [1.54, 1.807) is 11.4 Å². The molecular formula is C10H11N3O6S2. The Morgan fingerprint density at radius 3 is 2.90 bits per heavy atom. The van der Waals surface area contributed by atoms with Crippen LogP contribution in [-0.2, 0) is 19.5 Å².